The second-order valence-electron chi connectivity index (χ2n) is 13.8. The lowest BCUT2D eigenvalue weighted by molar-refractivity contribution is -0.174. The van der Waals surface area contributed by atoms with Crippen LogP contribution in [0.5, 0.6) is 0 Å². The second-order valence-corrected chi connectivity index (χ2v) is 13.8. The maximum Gasteiger partial charge on any atom is 0.224 e. The highest BCUT2D eigenvalue weighted by atomic mass is 16.3. The first-order valence-electron chi connectivity index (χ1n) is 14.9. The number of hydrogen-bond donors (Lipinski definition) is 4. The summed E-state index contributed by atoms with van der Waals surface area (Å²) in [6, 6.07) is 8.04. The summed E-state index contributed by atoms with van der Waals surface area (Å²) >= 11 is 0. The molecule has 4 aliphatic rings. The van der Waals surface area contributed by atoms with E-state index in [9.17, 15) is 15.0 Å². The van der Waals surface area contributed by atoms with E-state index >= 15 is 0 Å². The summed E-state index contributed by atoms with van der Waals surface area (Å²) in [5, 5.41) is 26.0. The van der Waals surface area contributed by atoms with Crippen LogP contribution in [0.2, 0.25) is 0 Å². The lowest BCUT2D eigenvalue weighted by Crippen LogP contribution is -2.58. The fourth-order valence-corrected chi connectivity index (χ4v) is 10.1. The molecule has 1 amide bonds. The number of aromatic amines is 1. The maximum absolute atomic E-state index is 12.8. The molecule has 0 saturated heterocycles. The van der Waals surface area contributed by atoms with Gasteiger partial charge in [-0.2, -0.15) is 0 Å². The van der Waals surface area contributed by atoms with Gasteiger partial charge in [-0.05, 0) is 128 Å². The standard InChI is InChI=1S/C32H46N2O3/c1-19(4-9-29(37)34-22-5-8-27-20(16-22)12-15-33-27)24-6-7-25-30-26(11-14-32(24,25)3)31(2)13-10-23(35)17-21(31)18-28(30)36/h5,8,12,15-16,19,21,23-26,28,30,33,35-36H,4,6-7,9-11,13-14,17-18H2,1-3H3,(H,34,37). The number of amides is 1. The number of hydrogen-bond acceptors (Lipinski definition) is 3. The van der Waals surface area contributed by atoms with Gasteiger partial charge in [0.2, 0.25) is 5.91 Å². The molecule has 0 spiro atoms. The van der Waals surface area contributed by atoms with E-state index in [4.69, 9.17) is 0 Å². The maximum atomic E-state index is 12.8. The van der Waals surface area contributed by atoms with E-state index in [1.54, 1.807) is 0 Å². The molecule has 0 radical (unpaired) electrons. The summed E-state index contributed by atoms with van der Waals surface area (Å²) in [5.41, 5.74) is 2.48. The van der Waals surface area contributed by atoms with Crippen LogP contribution in [-0.4, -0.2) is 33.3 Å². The molecule has 10 unspecified atom stereocenters. The van der Waals surface area contributed by atoms with Crippen molar-refractivity contribution in [1.82, 2.24) is 4.98 Å². The molecule has 0 bridgehead atoms. The van der Waals surface area contributed by atoms with Crippen molar-refractivity contribution in [3.05, 3.63) is 30.5 Å². The van der Waals surface area contributed by atoms with Gasteiger partial charge in [-0.1, -0.05) is 20.8 Å². The lowest BCUT2D eigenvalue weighted by atomic mass is 9.43. The Balaban J connectivity index is 1.10. The molecule has 202 valence electrons. The molecule has 10 atom stereocenters. The van der Waals surface area contributed by atoms with Crippen LogP contribution >= 0.6 is 0 Å². The van der Waals surface area contributed by atoms with Gasteiger partial charge in [-0.25, -0.2) is 0 Å². The zero-order valence-corrected chi connectivity index (χ0v) is 22.9. The summed E-state index contributed by atoms with van der Waals surface area (Å²) in [6.07, 6.45) is 11.7. The molecule has 1 aromatic carbocycles. The fraction of sp³-hybridized carbons (Fsp3) is 0.719. The number of aliphatic hydroxyl groups excluding tert-OH is 2. The van der Waals surface area contributed by atoms with Crippen LogP contribution in [0.15, 0.2) is 30.5 Å². The average molecular weight is 507 g/mol. The molecule has 5 nitrogen and oxygen atoms in total. The van der Waals surface area contributed by atoms with E-state index in [1.807, 2.05) is 30.5 Å². The molecule has 1 aromatic heterocycles. The summed E-state index contributed by atoms with van der Waals surface area (Å²) < 4.78 is 0. The minimum Gasteiger partial charge on any atom is -0.393 e. The normalized spacial score (nSPS) is 42.0. The Morgan fingerprint density at radius 2 is 1.84 bits per heavy atom. The number of aromatic nitrogens is 1. The largest absolute Gasteiger partial charge is 0.393 e. The van der Waals surface area contributed by atoms with Crippen LogP contribution in [0.3, 0.4) is 0 Å². The molecule has 4 fully saturated rings. The Morgan fingerprint density at radius 3 is 2.68 bits per heavy atom. The molecule has 1 heterocycles. The Morgan fingerprint density at radius 1 is 1.05 bits per heavy atom. The number of nitrogens with one attached hydrogen (secondary N) is 2. The molecule has 6 rings (SSSR count). The van der Waals surface area contributed by atoms with Crippen LogP contribution in [-0.2, 0) is 4.79 Å². The predicted molar refractivity (Wildman–Crippen MR) is 148 cm³/mol. The number of anilines is 1. The minimum atomic E-state index is -0.227. The molecule has 37 heavy (non-hydrogen) atoms. The lowest BCUT2D eigenvalue weighted by Gasteiger charge is -2.62. The van der Waals surface area contributed by atoms with Crippen molar-refractivity contribution in [2.45, 2.75) is 97.2 Å². The zero-order valence-electron chi connectivity index (χ0n) is 22.9. The van der Waals surface area contributed by atoms with Gasteiger partial charge in [-0.15, -0.1) is 0 Å². The number of H-pyrrole nitrogens is 1. The molecule has 4 N–H and O–H groups in total. The second kappa shape index (κ2) is 9.41. The SMILES string of the molecule is CC(CCC(=O)Nc1ccc2[nH]ccc2c1)C1CCC2C3C(O)CC4CC(O)CCC4(C)C3CCC12C. The van der Waals surface area contributed by atoms with Gasteiger partial charge in [-0.3, -0.25) is 4.79 Å². The summed E-state index contributed by atoms with van der Waals surface area (Å²) in [7, 11) is 0. The zero-order chi connectivity index (χ0) is 25.9. The molecule has 5 heteroatoms. The quantitative estimate of drug-likeness (QED) is 0.373. The molecule has 2 aromatic rings. The van der Waals surface area contributed by atoms with Gasteiger partial charge in [0.1, 0.15) is 0 Å². The first-order chi connectivity index (χ1) is 17.7. The van der Waals surface area contributed by atoms with Gasteiger partial charge in [0.25, 0.3) is 0 Å². The number of carbonyl (C=O) groups is 1. The van der Waals surface area contributed by atoms with Gasteiger partial charge in [0.15, 0.2) is 0 Å². The van der Waals surface area contributed by atoms with Crippen molar-refractivity contribution in [2.24, 2.45) is 46.3 Å². The Hall–Kier alpha value is -1.85. The Bertz CT molecular complexity index is 1140. The third-order valence-corrected chi connectivity index (χ3v) is 12.1. The number of aliphatic hydroxyl groups is 2. The fourth-order valence-electron chi connectivity index (χ4n) is 10.1. The van der Waals surface area contributed by atoms with Crippen LogP contribution in [0.4, 0.5) is 5.69 Å². The Labute approximate surface area is 221 Å². The van der Waals surface area contributed by atoms with Gasteiger partial charge >= 0.3 is 0 Å². The van der Waals surface area contributed by atoms with E-state index in [0.29, 0.717) is 41.9 Å². The van der Waals surface area contributed by atoms with Crippen molar-refractivity contribution < 1.29 is 15.0 Å². The first-order valence-corrected chi connectivity index (χ1v) is 14.9. The van der Waals surface area contributed by atoms with E-state index < -0.39 is 0 Å². The summed E-state index contributed by atoms with van der Waals surface area (Å²) in [6.45, 7) is 7.36. The highest BCUT2D eigenvalue weighted by Gasteiger charge is 2.62. The molecule has 4 saturated carbocycles. The van der Waals surface area contributed by atoms with Crippen LogP contribution in [0.1, 0.15) is 85.0 Å². The number of rotatable bonds is 5. The van der Waals surface area contributed by atoms with Crippen molar-refractivity contribution in [1.29, 1.82) is 0 Å². The average Bonchev–Trinajstić information content (AvgIpc) is 3.47. The highest BCUT2D eigenvalue weighted by Crippen LogP contribution is 2.68. The van der Waals surface area contributed by atoms with Crippen LogP contribution in [0, 0.1) is 46.3 Å². The van der Waals surface area contributed by atoms with Gasteiger partial charge < -0.3 is 20.5 Å². The van der Waals surface area contributed by atoms with E-state index in [-0.39, 0.29) is 28.9 Å². The number of carbonyl (C=O) groups excluding carboxylic acids is 1. The number of fused-ring (bicyclic) bond motifs is 6. The highest BCUT2D eigenvalue weighted by molar-refractivity contribution is 5.93. The predicted octanol–water partition coefficient (Wildman–Crippen LogP) is 6.51. The van der Waals surface area contributed by atoms with Crippen molar-refractivity contribution in [3.8, 4) is 0 Å². The Kier molecular flexibility index (Phi) is 6.47. The van der Waals surface area contributed by atoms with Gasteiger partial charge in [0, 0.05) is 29.2 Å². The van der Waals surface area contributed by atoms with E-state index in [2.05, 4.69) is 31.1 Å². The van der Waals surface area contributed by atoms with Gasteiger partial charge in [0.05, 0.1) is 12.2 Å². The van der Waals surface area contributed by atoms with E-state index in [0.717, 1.165) is 48.7 Å². The van der Waals surface area contributed by atoms with Crippen molar-refractivity contribution >= 4 is 22.5 Å². The van der Waals surface area contributed by atoms with E-state index in [1.165, 1.54) is 25.7 Å². The van der Waals surface area contributed by atoms with Crippen molar-refractivity contribution in [2.75, 3.05) is 5.32 Å². The van der Waals surface area contributed by atoms with Crippen LogP contribution in [0.25, 0.3) is 10.9 Å². The minimum absolute atomic E-state index is 0.103. The smallest absolute Gasteiger partial charge is 0.224 e. The first kappa shape index (κ1) is 25.4. The third kappa shape index (κ3) is 4.25. The summed E-state index contributed by atoms with van der Waals surface area (Å²) in [5.74, 6) is 3.26. The molecule has 0 aliphatic heterocycles. The summed E-state index contributed by atoms with van der Waals surface area (Å²) in [4.78, 5) is 16.0. The third-order valence-electron chi connectivity index (χ3n) is 12.1. The molecular weight excluding hydrogens is 460 g/mol. The monoisotopic (exact) mass is 506 g/mol. The topological polar surface area (TPSA) is 85.4 Å². The molecular formula is C32H46N2O3. The van der Waals surface area contributed by atoms with Crippen molar-refractivity contribution in [3.63, 3.8) is 0 Å². The molecule has 4 aliphatic carbocycles. The number of benzene rings is 1. The van der Waals surface area contributed by atoms with Crippen LogP contribution < -0.4 is 5.32 Å².